The largest absolute Gasteiger partial charge is 0.415 e. The summed E-state index contributed by atoms with van der Waals surface area (Å²) in [6, 6.07) is 22.2. The van der Waals surface area contributed by atoms with Crippen molar-refractivity contribution in [2.24, 2.45) is 0 Å². The molecule has 0 spiro atoms. The van der Waals surface area contributed by atoms with Gasteiger partial charge >= 0.3 is 6.09 Å². The fraction of sp³-hybridized carbons (Fsp3) is 0.394. The van der Waals surface area contributed by atoms with E-state index >= 15 is 0 Å². The molecule has 3 aromatic carbocycles. The first kappa shape index (κ1) is 26.5. The second-order valence-electron chi connectivity index (χ2n) is 11.0. The summed E-state index contributed by atoms with van der Waals surface area (Å²) in [6.07, 6.45) is 2.17. The van der Waals surface area contributed by atoms with E-state index in [9.17, 15) is 9.59 Å². The zero-order valence-electron chi connectivity index (χ0n) is 23.2. The number of benzene rings is 3. The van der Waals surface area contributed by atoms with Crippen LogP contribution >= 0.6 is 0 Å². The summed E-state index contributed by atoms with van der Waals surface area (Å²) in [6.45, 7) is 7.85. The van der Waals surface area contributed by atoms with Crippen LogP contribution in [0.4, 0.5) is 4.79 Å². The minimum absolute atomic E-state index is 0.0475. The lowest BCUT2D eigenvalue weighted by molar-refractivity contribution is 0.0193. The highest BCUT2D eigenvalue weighted by molar-refractivity contribution is 5.95. The second-order valence-corrected chi connectivity index (χ2v) is 11.0. The van der Waals surface area contributed by atoms with E-state index in [2.05, 4.69) is 42.2 Å². The number of carbonyl (C=O) groups is 2. The molecule has 3 heterocycles. The molecule has 0 bridgehead atoms. The van der Waals surface area contributed by atoms with E-state index in [0.717, 1.165) is 57.7 Å². The molecule has 3 aliphatic rings. The van der Waals surface area contributed by atoms with E-state index in [1.807, 2.05) is 41.3 Å². The maximum absolute atomic E-state index is 14.0. The number of ether oxygens (including phenoxy) is 2. The van der Waals surface area contributed by atoms with Crippen LogP contribution in [-0.2, 0) is 37.1 Å². The van der Waals surface area contributed by atoms with Gasteiger partial charge in [0.1, 0.15) is 5.75 Å². The van der Waals surface area contributed by atoms with Gasteiger partial charge < -0.3 is 19.3 Å². The van der Waals surface area contributed by atoms with Crippen molar-refractivity contribution < 1.29 is 19.1 Å². The minimum atomic E-state index is -0.357. The first-order valence-electron chi connectivity index (χ1n) is 14.4. The van der Waals surface area contributed by atoms with Crippen LogP contribution in [-0.4, -0.2) is 72.1 Å². The van der Waals surface area contributed by atoms with Gasteiger partial charge in [-0.15, -0.1) is 0 Å². The summed E-state index contributed by atoms with van der Waals surface area (Å²) in [5.41, 5.74) is 6.62. The normalized spacial score (nSPS) is 19.1. The molecule has 0 N–H and O–H groups in total. The highest BCUT2D eigenvalue weighted by atomic mass is 16.6. The molecule has 6 rings (SSSR count). The summed E-state index contributed by atoms with van der Waals surface area (Å²) in [4.78, 5) is 33.2. The monoisotopic (exact) mass is 539 g/mol. The predicted molar refractivity (Wildman–Crippen MR) is 153 cm³/mol. The molecule has 1 saturated heterocycles. The zero-order chi connectivity index (χ0) is 27.5. The number of hydrogen-bond acceptors (Lipinski definition) is 5. The Bertz CT molecular complexity index is 1370. The Hall–Kier alpha value is -3.68. The highest BCUT2D eigenvalue weighted by Crippen LogP contribution is 2.28. The van der Waals surface area contributed by atoms with Gasteiger partial charge in [-0.05, 0) is 71.3 Å². The molecule has 0 aliphatic carbocycles. The molecule has 40 heavy (non-hydrogen) atoms. The van der Waals surface area contributed by atoms with E-state index < -0.39 is 0 Å². The SMILES string of the molecule is CCc1ccc(OC(=O)N2CCc3ccc(C(=O)N4Cc5ccccc5C[C@H]4CN4CCOCC4)cc3C2)cc1. The minimum Gasteiger partial charge on any atom is -0.410 e. The van der Waals surface area contributed by atoms with Crippen LogP contribution in [0.15, 0.2) is 66.7 Å². The lowest BCUT2D eigenvalue weighted by Gasteiger charge is -2.40. The maximum Gasteiger partial charge on any atom is 0.415 e. The van der Waals surface area contributed by atoms with Gasteiger partial charge in [-0.25, -0.2) is 4.79 Å². The Kier molecular flexibility index (Phi) is 7.84. The van der Waals surface area contributed by atoms with Crippen LogP contribution in [0, 0.1) is 0 Å². The van der Waals surface area contributed by atoms with Gasteiger partial charge in [-0.2, -0.15) is 0 Å². The average Bonchev–Trinajstić information content (AvgIpc) is 3.00. The number of nitrogens with zero attached hydrogens (tertiary/aromatic N) is 3. The summed E-state index contributed by atoms with van der Waals surface area (Å²) in [5, 5.41) is 0. The van der Waals surface area contributed by atoms with Crippen molar-refractivity contribution in [3.8, 4) is 5.75 Å². The zero-order valence-corrected chi connectivity index (χ0v) is 23.2. The molecular weight excluding hydrogens is 502 g/mol. The number of aryl methyl sites for hydroxylation is 1. The molecule has 0 radical (unpaired) electrons. The Balaban J connectivity index is 1.18. The first-order chi connectivity index (χ1) is 19.6. The molecule has 2 amide bonds. The van der Waals surface area contributed by atoms with Gasteiger partial charge in [0.25, 0.3) is 5.91 Å². The molecule has 208 valence electrons. The molecule has 0 saturated carbocycles. The summed E-state index contributed by atoms with van der Waals surface area (Å²) in [7, 11) is 0. The molecule has 3 aromatic rings. The summed E-state index contributed by atoms with van der Waals surface area (Å²) >= 11 is 0. The number of carbonyl (C=O) groups excluding carboxylic acids is 2. The van der Waals surface area contributed by atoms with Crippen molar-refractivity contribution in [2.75, 3.05) is 39.4 Å². The van der Waals surface area contributed by atoms with E-state index in [4.69, 9.17) is 9.47 Å². The second kappa shape index (κ2) is 11.8. The summed E-state index contributed by atoms with van der Waals surface area (Å²) < 4.78 is 11.2. The molecule has 1 atom stereocenters. The van der Waals surface area contributed by atoms with Crippen molar-refractivity contribution in [2.45, 2.75) is 45.3 Å². The summed E-state index contributed by atoms with van der Waals surface area (Å²) in [5.74, 6) is 0.597. The van der Waals surface area contributed by atoms with Gasteiger partial charge in [0.2, 0.25) is 0 Å². The number of rotatable bonds is 5. The van der Waals surface area contributed by atoms with E-state index in [-0.39, 0.29) is 18.0 Å². The number of amides is 2. The van der Waals surface area contributed by atoms with Crippen molar-refractivity contribution in [3.05, 3.63) is 100 Å². The Morgan fingerprint density at radius 2 is 1.65 bits per heavy atom. The van der Waals surface area contributed by atoms with E-state index in [1.54, 1.807) is 4.90 Å². The third-order valence-corrected chi connectivity index (χ3v) is 8.45. The number of fused-ring (bicyclic) bond motifs is 2. The van der Waals surface area contributed by atoms with Crippen LogP contribution in [0.5, 0.6) is 5.75 Å². The standard InChI is InChI=1S/C33H37N3O4/c1-2-24-7-11-31(12-8-24)40-33(38)35-14-13-25-9-10-27(19-29(25)21-35)32(37)36-22-28-6-4-3-5-26(28)20-30(36)23-34-15-17-39-18-16-34/h3-12,19,30H,2,13-18,20-23H2,1H3/t30-/m0/s1. The third kappa shape index (κ3) is 5.76. The fourth-order valence-electron chi connectivity index (χ4n) is 6.04. The van der Waals surface area contributed by atoms with Crippen LogP contribution in [0.3, 0.4) is 0 Å². The van der Waals surface area contributed by atoms with Gasteiger partial charge in [0.05, 0.1) is 13.2 Å². The molecule has 3 aliphatic heterocycles. The molecular formula is C33H37N3O4. The molecule has 0 aromatic heterocycles. The van der Waals surface area contributed by atoms with Gasteiger partial charge in [0, 0.05) is 50.9 Å². The predicted octanol–water partition coefficient (Wildman–Crippen LogP) is 4.71. The average molecular weight is 540 g/mol. The lowest BCUT2D eigenvalue weighted by Crippen LogP contribution is -2.52. The van der Waals surface area contributed by atoms with Crippen molar-refractivity contribution in [1.29, 1.82) is 0 Å². The van der Waals surface area contributed by atoms with E-state index in [1.165, 1.54) is 22.3 Å². The van der Waals surface area contributed by atoms with Gasteiger partial charge in [-0.3, -0.25) is 9.69 Å². The Labute approximate surface area is 236 Å². The molecule has 1 fully saturated rings. The quantitative estimate of drug-likeness (QED) is 0.470. The van der Waals surface area contributed by atoms with Crippen LogP contribution < -0.4 is 4.74 Å². The first-order valence-corrected chi connectivity index (χ1v) is 14.4. The fourth-order valence-corrected chi connectivity index (χ4v) is 6.04. The van der Waals surface area contributed by atoms with Crippen LogP contribution in [0.25, 0.3) is 0 Å². The molecule has 7 nitrogen and oxygen atoms in total. The lowest BCUT2D eigenvalue weighted by atomic mass is 9.92. The third-order valence-electron chi connectivity index (χ3n) is 8.45. The Morgan fingerprint density at radius 3 is 2.42 bits per heavy atom. The molecule has 0 unspecified atom stereocenters. The van der Waals surface area contributed by atoms with Crippen molar-refractivity contribution in [1.82, 2.24) is 14.7 Å². The highest BCUT2D eigenvalue weighted by Gasteiger charge is 2.33. The van der Waals surface area contributed by atoms with Crippen LogP contribution in [0.2, 0.25) is 0 Å². The number of hydrogen-bond donors (Lipinski definition) is 0. The van der Waals surface area contributed by atoms with Crippen molar-refractivity contribution >= 4 is 12.0 Å². The maximum atomic E-state index is 14.0. The van der Waals surface area contributed by atoms with E-state index in [0.29, 0.717) is 30.9 Å². The van der Waals surface area contributed by atoms with Gasteiger partial charge in [-0.1, -0.05) is 49.4 Å². The molecule has 7 heteroatoms. The van der Waals surface area contributed by atoms with Crippen molar-refractivity contribution in [3.63, 3.8) is 0 Å². The Morgan fingerprint density at radius 1 is 0.875 bits per heavy atom. The van der Waals surface area contributed by atoms with Gasteiger partial charge in [0.15, 0.2) is 0 Å². The van der Waals surface area contributed by atoms with Crippen LogP contribution in [0.1, 0.15) is 45.1 Å². The number of morpholine rings is 1. The smallest absolute Gasteiger partial charge is 0.410 e. The topological polar surface area (TPSA) is 62.3 Å².